The van der Waals surface area contributed by atoms with Gasteiger partial charge < -0.3 is 9.47 Å². The second kappa shape index (κ2) is 9.05. The Balaban J connectivity index is 2.20. The monoisotopic (exact) mass is 352 g/mol. The molecule has 2 aromatic carbocycles. The highest BCUT2D eigenvalue weighted by molar-refractivity contribution is 6.45. The van der Waals surface area contributed by atoms with Gasteiger partial charge in [0.25, 0.3) is 0 Å². The number of hydrogen-bond acceptors (Lipinski definition) is 2. The molecule has 0 saturated heterocycles. The highest BCUT2D eigenvalue weighted by Gasteiger charge is 2.21. The van der Waals surface area contributed by atoms with Gasteiger partial charge in [-0.3, -0.25) is 0 Å². The van der Waals surface area contributed by atoms with Gasteiger partial charge in [0.1, 0.15) is 16.3 Å². The van der Waals surface area contributed by atoms with E-state index < -0.39 is 4.84 Å². The van der Waals surface area contributed by atoms with Gasteiger partial charge in [-0.15, -0.1) is 23.2 Å². The quantitative estimate of drug-likeness (QED) is 0.558. The van der Waals surface area contributed by atoms with Crippen LogP contribution in [0.15, 0.2) is 48.5 Å². The molecule has 1 unspecified atom stereocenters. The lowest BCUT2D eigenvalue weighted by molar-refractivity contribution is 0.317. The average molecular weight is 353 g/mol. The SMILES string of the molecule is CCCOc1ccc(C(c2ccc(OCC)cc2)C(Cl)Cl)cc1. The third kappa shape index (κ3) is 5.05. The molecule has 0 aliphatic carbocycles. The summed E-state index contributed by atoms with van der Waals surface area (Å²) in [6, 6.07) is 15.9. The molecule has 1 atom stereocenters. The summed E-state index contributed by atoms with van der Waals surface area (Å²) >= 11 is 12.5. The van der Waals surface area contributed by atoms with Crippen molar-refractivity contribution >= 4 is 23.2 Å². The molecule has 0 aliphatic rings. The van der Waals surface area contributed by atoms with Gasteiger partial charge >= 0.3 is 0 Å². The molecule has 0 fully saturated rings. The fraction of sp³-hybridized carbons (Fsp3) is 0.368. The molecule has 2 rings (SSSR count). The van der Waals surface area contributed by atoms with E-state index in [-0.39, 0.29) is 5.92 Å². The lowest BCUT2D eigenvalue weighted by atomic mass is 9.92. The minimum absolute atomic E-state index is 0.0887. The van der Waals surface area contributed by atoms with Crippen LogP contribution in [0.4, 0.5) is 0 Å². The molecule has 0 spiro atoms. The fourth-order valence-corrected chi connectivity index (χ4v) is 2.99. The van der Waals surface area contributed by atoms with Crippen LogP contribution in [0, 0.1) is 0 Å². The number of ether oxygens (including phenoxy) is 2. The van der Waals surface area contributed by atoms with Crippen molar-refractivity contribution in [2.24, 2.45) is 0 Å². The van der Waals surface area contributed by atoms with Crippen LogP contribution < -0.4 is 9.47 Å². The van der Waals surface area contributed by atoms with Gasteiger partial charge in [0.2, 0.25) is 0 Å². The van der Waals surface area contributed by atoms with E-state index in [2.05, 4.69) is 6.92 Å². The zero-order valence-corrected chi connectivity index (χ0v) is 15.0. The first kappa shape index (κ1) is 18.0. The van der Waals surface area contributed by atoms with E-state index in [1.54, 1.807) is 0 Å². The topological polar surface area (TPSA) is 18.5 Å². The van der Waals surface area contributed by atoms with Gasteiger partial charge in [0.15, 0.2) is 0 Å². The van der Waals surface area contributed by atoms with Crippen molar-refractivity contribution in [1.82, 2.24) is 0 Å². The van der Waals surface area contributed by atoms with Crippen molar-refractivity contribution in [3.8, 4) is 11.5 Å². The molecule has 0 aliphatic heterocycles. The Morgan fingerprint density at radius 1 is 0.783 bits per heavy atom. The van der Waals surface area contributed by atoms with E-state index in [1.807, 2.05) is 55.5 Å². The second-order valence-corrected chi connectivity index (χ2v) is 6.40. The van der Waals surface area contributed by atoms with Gasteiger partial charge in [-0.25, -0.2) is 0 Å². The minimum atomic E-state index is -0.532. The lowest BCUT2D eigenvalue weighted by Gasteiger charge is -2.20. The van der Waals surface area contributed by atoms with E-state index >= 15 is 0 Å². The summed E-state index contributed by atoms with van der Waals surface area (Å²) in [4.78, 5) is -0.532. The van der Waals surface area contributed by atoms with Gasteiger partial charge in [0, 0.05) is 5.92 Å². The van der Waals surface area contributed by atoms with Crippen LogP contribution >= 0.6 is 23.2 Å². The summed E-state index contributed by atoms with van der Waals surface area (Å²) in [6.45, 7) is 5.42. The fourth-order valence-electron chi connectivity index (χ4n) is 2.41. The lowest BCUT2D eigenvalue weighted by Crippen LogP contribution is -2.09. The first-order valence-electron chi connectivity index (χ1n) is 7.89. The van der Waals surface area contributed by atoms with E-state index in [1.165, 1.54) is 0 Å². The van der Waals surface area contributed by atoms with Crippen LogP contribution in [0.1, 0.15) is 37.3 Å². The van der Waals surface area contributed by atoms with E-state index in [0.29, 0.717) is 6.61 Å². The zero-order valence-electron chi connectivity index (χ0n) is 13.5. The maximum atomic E-state index is 6.24. The molecule has 2 nitrogen and oxygen atoms in total. The van der Waals surface area contributed by atoms with Crippen molar-refractivity contribution in [2.75, 3.05) is 13.2 Å². The maximum absolute atomic E-state index is 6.24. The molecule has 23 heavy (non-hydrogen) atoms. The van der Waals surface area contributed by atoms with E-state index in [0.717, 1.165) is 35.7 Å². The molecule has 0 heterocycles. The van der Waals surface area contributed by atoms with Gasteiger partial charge in [-0.05, 0) is 48.7 Å². The Hall–Kier alpha value is -1.38. The molecule has 0 radical (unpaired) electrons. The number of hydrogen-bond donors (Lipinski definition) is 0. The van der Waals surface area contributed by atoms with Crippen molar-refractivity contribution in [3.63, 3.8) is 0 Å². The van der Waals surface area contributed by atoms with E-state index in [9.17, 15) is 0 Å². The predicted octanol–water partition coefficient (Wildman–Crippen LogP) is 5.81. The molecule has 124 valence electrons. The number of halogens is 2. The third-order valence-corrected chi connectivity index (χ3v) is 4.02. The Morgan fingerprint density at radius 2 is 1.26 bits per heavy atom. The molecular formula is C19H22Cl2O2. The highest BCUT2D eigenvalue weighted by Crippen LogP contribution is 2.35. The Bertz CT molecular complexity index is 579. The second-order valence-electron chi connectivity index (χ2n) is 5.23. The molecule has 4 heteroatoms. The van der Waals surface area contributed by atoms with Gasteiger partial charge in [0.05, 0.1) is 13.2 Å². The first-order chi connectivity index (χ1) is 11.2. The summed E-state index contributed by atoms with van der Waals surface area (Å²) in [5.41, 5.74) is 2.12. The van der Waals surface area contributed by atoms with Crippen LogP contribution in [-0.4, -0.2) is 18.1 Å². The largest absolute Gasteiger partial charge is 0.494 e. The molecule has 0 saturated carbocycles. The Labute approximate surface area is 148 Å². The normalized spacial score (nSPS) is 12.2. The Kier molecular flexibility index (Phi) is 7.07. The van der Waals surface area contributed by atoms with Crippen molar-refractivity contribution < 1.29 is 9.47 Å². The molecule has 0 N–H and O–H groups in total. The number of alkyl halides is 2. The zero-order chi connectivity index (χ0) is 16.7. The van der Waals surface area contributed by atoms with E-state index in [4.69, 9.17) is 32.7 Å². The summed E-state index contributed by atoms with van der Waals surface area (Å²) < 4.78 is 11.1. The number of benzene rings is 2. The van der Waals surface area contributed by atoms with Crippen LogP contribution in [0.3, 0.4) is 0 Å². The van der Waals surface area contributed by atoms with Crippen LogP contribution in [0.25, 0.3) is 0 Å². The molecular weight excluding hydrogens is 331 g/mol. The summed E-state index contributed by atoms with van der Waals surface area (Å²) in [7, 11) is 0. The summed E-state index contributed by atoms with van der Waals surface area (Å²) in [6.07, 6.45) is 0.988. The standard InChI is InChI=1S/C19H22Cl2O2/c1-3-13-23-17-11-7-15(8-12-17)18(19(20)21)14-5-9-16(10-6-14)22-4-2/h5-12,18-19H,3-4,13H2,1-2H3. The molecule has 0 amide bonds. The van der Waals surface area contributed by atoms with Gasteiger partial charge in [-0.2, -0.15) is 0 Å². The van der Waals surface area contributed by atoms with Crippen LogP contribution in [-0.2, 0) is 0 Å². The van der Waals surface area contributed by atoms with Crippen molar-refractivity contribution in [3.05, 3.63) is 59.7 Å². The minimum Gasteiger partial charge on any atom is -0.494 e. The maximum Gasteiger partial charge on any atom is 0.119 e. The summed E-state index contributed by atoms with van der Waals surface area (Å²) in [5.74, 6) is 1.62. The highest BCUT2D eigenvalue weighted by atomic mass is 35.5. The van der Waals surface area contributed by atoms with Crippen molar-refractivity contribution in [1.29, 1.82) is 0 Å². The summed E-state index contributed by atoms with van der Waals surface area (Å²) in [5, 5.41) is 0. The van der Waals surface area contributed by atoms with Crippen LogP contribution in [0.5, 0.6) is 11.5 Å². The third-order valence-electron chi connectivity index (χ3n) is 3.51. The molecule has 0 bridgehead atoms. The average Bonchev–Trinajstić information content (AvgIpc) is 2.56. The number of rotatable bonds is 8. The predicted molar refractivity (Wildman–Crippen MR) is 97.2 cm³/mol. The van der Waals surface area contributed by atoms with Crippen LogP contribution in [0.2, 0.25) is 0 Å². The Morgan fingerprint density at radius 3 is 1.65 bits per heavy atom. The van der Waals surface area contributed by atoms with Crippen molar-refractivity contribution in [2.45, 2.75) is 31.0 Å². The smallest absolute Gasteiger partial charge is 0.119 e. The van der Waals surface area contributed by atoms with Gasteiger partial charge in [-0.1, -0.05) is 31.2 Å². The first-order valence-corrected chi connectivity index (χ1v) is 8.76. The molecule has 0 aromatic heterocycles. The molecule has 2 aromatic rings.